The molecule has 0 bridgehead atoms. The molecule has 0 radical (unpaired) electrons. The molecular formula is C15H21F2NO4S. The van der Waals surface area contributed by atoms with E-state index in [0.717, 1.165) is 0 Å². The second-order valence-corrected chi connectivity index (χ2v) is 7.33. The van der Waals surface area contributed by atoms with Gasteiger partial charge in [0.25, 0.3) is 5.91 Å². The zero-order chi connectivity index (χ0) is 17.8. The number of benzene rings is 1. The molecule has 0 saturated heterocycles. The number of amides is 1. The van der Waals surface area contributed by atoms with Crippen LogP contribution in [0.2, 0.25) is 0 Å². The molecule has 1 unspecified atom stereocenters. The van der Waals surface area contributed by atoms with Gasteiger partial charge in [0.15, 0.2) is 0 Å². The van der Waals surface area contributed by atoms with Gasteiger partial charge in [0, 0.05) is 26.1 Å². The Bertz CT molecular complexity index is 659. The highest BCUT2D eigenvalue weighted by Gasteiger charge is 2.22. The van der Waals surface area contributed by atoms with Crippen molar-refractivity contribution in [3.63, 3.8) is 0 Å². The van der Waals surface area contributed by atoms with Crippen LogP contribution in [-0.4, -0.2) is 45.5 Å². The number of nitrogens with zero attached hydrogens (tertiary/aromatic N) is 1. The highest BCUT2D eigenvalue weighted by Crippen LogP contribution is 2.23. The number of carbonyl (C=O) groups is 1. The van der Waals surface area contributed by atoms with Gasteiger partial charge in [-0.25, -0.2) is 8.78 Å². The molecule has 0 aromatic heterocycles. The van der Waals surface area contributed by atoms with E-state index in [4.69, 9.17) is 4.18 Å². The van der Waals surface area contributed by atoms with Gasteiger partial charge in [-0.3, -0.25) is 4.79 Å². The summed E-state index contributed by atoms with van der Waals surface area (Å²) in [5, 5.41) is 0. The molecule has 0 N–H and O–H groups in total. The van der Waals surface area contributed by atoms with Crippen LogP contribution >= 0.6 is 0 Å². The first-order valence-electron chi connectivity index (χ1n) is 7.04. The topological polar surface area (TPSA) is 63.7 Å². The van der Waals surface area contributed by atoms with E-state index in [1.807, 2.05) is 0 Å². The third-order valence-corrected chi connectivity index (χ3v) is 4.54. The smallest absolute Gasteiger partial charge is 0.309 e. The lowest BCUT2D eigenvalue weighted by Gasteiger charge is -2.15. The van der Waals surface area contributed by atoms with Crippen molar-refractivity contribution in [2.24, 2.45) is 5.92 Å². The lowest BCUT2D eigenvalue weighted by molar-refractivity contribution is 0.0827. The maximum absolute atomic E-state index is 12.3. The van der Waals surface area contributed by atoms with Crippen LogP contribution in [0, 0.1) is 12.8 Å². The summed E-state index contributed by atoms with van der Waals surface area (Å²) in [5.41, 5.74) is 0.817. The van der Waals surface area contributed by atoms with Crippen molar-refractivity contribution in [1.82, 2.24) is 4.90 Å². The molecule has 130 valence electrons. The molecule has 1 atom stereocenters. The molecule has 1 rings (SSSR count). The summed E-state index contributed by atoms with van der Waals surface area (Å²) in [5.74, 6) is -1.50. The molecule has 5 nitrogen and oxygen atoms in total. The van der Waals surface area contributed by atoms with Crippen LogP contribution in [-0.2, 0) is 10.1 Å². The zero-order valence-electron chi connectivity index (χ0n) is 13.5. The summed E-state index contributed by atoms with van der Waals surface area (Å²) in [6, 6.07) is 4.48. The molecule has 1 aromatic carbocycles. The zero-order valence-corrected chi connectivity index (χ0v) is 14.4. The van der Waals surface area contributed by atoms with Gasteiger partial charge in [-0.2, -0.15) is 8.42 Å². The molecule has 0 aliphatic heterocycles. The molecule has 8 heteroatoms. The second-order valence-electron chi connectivity index (χ2n) is 5.72. The molecule has 23 heavy (non-hydrogen) atoms. The predicted molar refractivity (Wildman–Crippen MR) is 83.4 cm³/mol. The van der Waals surface area contributed by atoms with E-state index in [2.05, 4.69) is 0 Å². The van der Waals surface area contributed by atoms with E-state index >= 15 is 0 Å². The quantitative estimate of drug-likeness (QED) is 0.710. The van der Waals surface area contributed by atoms with Crippen LogP contribution in [0.15, 0.2) is 18.2 Å². The normalized spacial score (nSPS) is 13.0. The molecular weight excluding hydrogens is 328 g/mol. The fourth-order valence-electron chi connectivity index (χ4n) is 1.97. The van der Waals surface area contributed by atoms with Crippen LogP contribution in [0.3, 0.4) is 0 Å². The minimum atomic E-state index is -4.02. The minimum Gasteiger partial charge on any atom is -0.382 e. The molecule has 0 aliphatic carbocycles. The Hall–Kier alpha value is -1.70. The third kappa shape index (κ3) is 6.13. The first kappa shape index (κ1) is 19.3. The second kappa shape index (κ2) is 7.72. The SMILES string of the molecule is Cc1ccc(C(=O)N(C)C)cc1OS(=O)(=O)CC(C)CC(F)F. The van der Waals surface area contributed by atoms with Gasteiger partial charge in [0.1, 0.15) is 5.75 Å². The number of rotatable bonds is 7. The lowest BCUT2D eigenvalue weighted by Crippen LogP contribution is -2.23. The average molecular weight is 349 g/mol. The maximum atomic E-state index is 12.3. The van der Waals surface area contributed by atoms with Gasteiger partial charge in [0.2, 0.25) is 6.43 Å². The molecule has 1 amide bonds. The van der Waals surface area contributed by atoms with E-state index in [1.54, 1.807) is 33.2 Å². The van der Waals surface area contributed by atoms with Crippen LogP contribution in [0.1, 0.15) is 29.3 Å². The van der Waals surface area contributed by atoms with Crippen LogP contribution in [0.5, 0.6) is 5.75 Å². The van der Waals surface area contributed by atoms with E-state index in [0.29, 0.717) is 5.56 Å². The van der Waals surface area contributed by atoms with Crippen molar-refractivity contribution in [2.45, 2.75) is 26.7 Å². The summed E-state index contributed by atoms with van der Waals surface area (Å²) in [6.07, 6.45) is -3.08. The van der Waals surface area contributed by atoms with Crippen LogP contribution < -0.4 is 4.18 Å². The average Bonchev–Trinajstić information content (AvgIpc) is 2.38. The summed E-state index contributed by atoms with van der Waals surface area (Å²) in [4.78, 5) is 13.3. The Morgan fingerprint density at radius 2 is 1.91 bits per heavy atom. The largest absolute Gasteiger partial charge is 0.382 e. The van der Waals surface area contributed by atoms with Crippen molar-refractivity contribution in [1.29, 1.82) is 0 Å². The third-order valence-electron chi connectivity index (χ3n) is 3.13. The predicted octanol–water partition coefficient (Wildman–Crippen LogP) is 2.70. The number of carbonyl (C=O) groups excluding carboxylic acids is 1. The van der Waals surface area contributed by atoms with Gasteiger partial charge in [-0.1, -0.05) is 13.0 Å². The Morgan fingerprint density at radius 1 is 1.30 bits per heavy atom. The Kier molecular flexibility index (Phi) is 6.49. The molecule has 0 saturated carbocycles. The molecule has 0 fully saturated rings. The van der Waals surface area contributed by atoms with Crippen LogP contribution in [0.25, 0.3) is 0 Å². The number of hydrogen-bond acceptors (Lipinski definition) is 4. The molecule has 0 heterocycles. The summed E-state index contributed by atoms with van der Waals surface area (Å²) in [7, 11) is -0.873. The number of hydrogen-bond donors (Lipinski definition) is 0. The summed E-state index contributed by atoms with van der Waals surface area (Å²) in [6.45, 7) is 3.06. The molecule has 0 spiro atoms. The number of aryl methyl sites for hydroxylation is 1. The monoisotopic (exact) mass is 349 g/mol. The fraction of sp³-hybridized carbons (Fsp3) is 0.533. The van der Waals surface area contributed by atoms with Crippen molar-refractivity contribution in [3.05, 3.63) is 29.3 Å². The Balaban J connectivity index is 2.94. The first-order chi connectivity index (χ1) is 10.5. The van der Waals surface area contributed by atoms with E-state index < -0.39 is 34.6 Å². The Morgan fingerprint density at radius 3 is 2.43 bits per heavy atom. The van der Waals surface area contributed by atoms with Crippen molar-refractivity contribution in [2.75, 3.05) is 19.8 Å². The standard InChI is InChI=1S/C15H21F2NO4S/c1-10(7-14(16)17)9-23(20,21)22-13-8-12(6-5-11(13)2)15(19)18(3)4/h5-6,8,10,14H,7,9H2,1-4H3. The lowest BCUT2D eigenvalue weighted by atomic mass is 10.1. The molecule has 1 aromatic rings. The Labute approximate surface area is 135 Å². The highest BCUT2D eigenvalue weighted by atomic mass is 32.2. The maximum Gasteiger partial charge on any atom is 0.309 e. The van der Waals surface area contributed by atoms with Gasteiger partial charge < -0.3 is 9.08 Å². The van der Waals surface area contributed by atoms with E-state index in [1.165, 1.54) is 17.9 Å². The van der Waals surface area contributed by atoms with Gasteiger partial charge >= 0.3 is 10.1 Å². The van der Waals surface area contributed by atoms with Crippen LogP contribution in [0.4, 0.5) is 8.78 Å². The van der Waals surface area contributed by atoms with Crippen molar-refractivity contribution >= 4 is 16.0 Å². The summed E-state index contributed by atoms with van der Waals surface area (Å²) >= 11 is 0. The van der Waals surface area contributed by atoms with Gasteiger partial charge in [-0.15, -0.1) is 0 Å². The van der Waals surface area contributed by atoms with Gasteiger partial charge in [0.05, 0.1) is 5.75 Å². The first-order valence-corrected chi connectivity index (χ1v) is 8.62. The van der Waals surface area contributed by atoms with Crippen molar-refractivity contribution < 1.29 is 26.2 Å². The number of alkyl halides is 2. The van der Waals surface area contributed by atoms with Crippen molar-refractivity contribution in [3.8, 4) is 5.75 Å². The van der Waals surface area contributed by atoms with Gasteiger partial charge in [-0.05, 0) is 30.5 Å². The fourth-order valence-corrected chi connectivity index (χ4v) is 3.33. The minimum absolute atomic E-state index is 0.0296. The number of halogens is 2. The summed E-state index contributed by atoms with van der Waals surface area (Å²) < 4.78 is 53.6. The highest BCUT2D eigenvalue weighted by molar-refractivity contribution is 7.87. The van der Waals surface area contributed by atoms with E-state index in [9.17, 15) is 22.0 Å². The molecule has 0 aliphatic rings. The van der Waals surface area contributed by atoms with E-state index in [-0.39, 0.29) is 17.2 Å².